The van der Waals surface area contributed by atoms with Crippen molar-refractivity contribution >= 4 is 23.2 Å². The van der Waals surface area contributed by atoms with Crippen molar-refractivity contribution in [1.82, 2.24) is 5.32 Å². The van der Waals surface area contributed by atoms with Crippen LogP contribution in [-0.2, 0) is 9.59 Å². The monoisotopic (exact) mass is 261 g/mol. The lowest BCUT2D eigenvalue weighted by atomic mass is 10.2. The predicted octanol–water partition coefficient (Wildman–Crippen LogP) is 1.38. The van der Waals surface area contributed by atoms with Crippen LogP contribution in [-0.4, -0.2) is 32.0 Å². The van der Waals surface area contributed by atoms with Crippen molar-refractivity contribution in [3.63, 3.8) is 0 Å². The summed E-state index contributed by atoms with van der Waals surface area (Å²) in [4.78, 5) is 24.3. The summed E-state index contributed by atoms with van der Waals surface area (Å²) in [5, 5.41) is 5.67. The van der Waals surface area contributed by atoms with E-state index in [-0.39, 0.29) is 18.4 Å². The highest BCUT2D eigenvalue weighted by Crippen LogP contribution is 2.16. The number of carbonyl (C=O) groups excluding carboxylic acids is 2. The second-order valence-electron chi connectivity index (χ2n) is 4.09. The number of rotatable bonds is 6. The maximum absolute atomic E-state index is 11.5. The van der Waals surface area contributed by atoms with Crippen LogP contribution in [0.1, 0.15) is 6.92 Å². The second-order valence-corrected chi connectivity index (χ2v) is 4.09. The van der Waals surface area contributed by atoms with Gasteiger partial charge in [0.2, 0.25) is 11.8 Å². The molecular formula is C14H19N3O2. The van der Waals surface area contributed by atoms with Crippen molar-refractivity contribution in [1.29, 1.82) is 0 Å². The predicted molar refractivity (Wildman–Crippen MR) is 77.2 cm³/mol. The van der Waals surface area contributed by atoms with Gasteiger partial charge in [0.1, 0.15) is 0 Å². The lowest BCUT2D eigenvalue weighted by Gasteiger charge is -2.15. The Bertz CT molecular complexity index is 454. The van der Waals surface area contributed by atoms with Crippen molar-refractivity contribution in [3.05, 3.63) is 36.9 Å². The Balaban J connectivity index is 2.54. The fraction of sp³-hybridized carbons (Fsp3) is 0.286. The summed E-state index contributed by atoms with van der Waals surface area (Å²) in [5.41, 5.74) is 1.49. The molecule has 19 heavy (non-hydrogen) atoms. The molecule has 5 nitrogen and oxygen atoms in total. The molecule has 1 aromatic carbocycles. The highest BCUT2D eigenvalue weighted by molar-refractivity contribution is 5.93. The first-order valence-electron chi connectivity index (χ1n) is 6.00. The smallest absolute Gasteiger partial charge is 0.238 e. The van der Waals surface area contributed by atoms with Crippen LogP contribution in [0.5, 0.6) is 0 Å². The molecule has 1 rings (SSSR count). The molecule has 5 heteroatoms. The zero-order chi connectivity index (χ0) is 14.3. The number of hydrogen-bond acceptors (Lipinski definition) is 3. The third-order valence-electron chi connectivity index (χ3n) is 2.58. The van der Waals surface area contributed by atoms with Gasteiger partial charge in [-0.15, -0.1) is 6.58 Å². The SMILES string of the molecule is C=CCNCC(=O)Nc1ccc(N(C)C(C)=O)cc1. The van der Waals surface area contributed by atoms with E-state index in [4.69, 9.17) is 0 Å². The van der Waals surface area contributed by atoms with Crippen LogP contribution in [0.25, 0.3) is 0 Å². The molecule has 0 fully saturated rings. The van der Waals surface area contributed by atoms with E-state index in [0.29, 0.717) is 12.2 Å². The summed E-state index contributed by atoms with van der Waals surface area (Å²) in [5.74, 6) is -0.153. The van der Waals surface area contributed by atoms with Gasteiger partial charge in [0.25, 0.3) is 0 Å². The average molecular weight is 261 g/mol. The lowest BCUT2D eigenvalue weighted by molar-refractivity contribution is -0.116. The van der Waals surface area contributed by atoms with Crippen LogP contribution in [0, 0.1) is 0 Å². The molecule has 102 valence electrons. The molecule has 0 saturated carbocycles. The molecule has 2 amide bonds. The minimum atomic E-state index is -0.116. The Kier molecular flexibility index (Phi) is 5.75. The summed E-state index contributed by atoms with van der Waals surface area (Å²) in [6, 6.07) is 7.10. The van der Waals surface area contributed by atoms with E-state index in [0.717, 1.165) is 5.69 Å². The van der Waals surface area contributed by atoms with Crippen molar-refractivity contribution in [2.45, 2.75) is 6.92 Å². The van der Waals surface area contributed by atoms with Crippen LogP contribution in [0.3, 0.4) is 0 Å². The molecule has 0 spiro atoms. The number of amides is 2. The van der Waals surface area contributed by atoms with E-state index >= 15 is 0 Å². The molecule has 0 aliphatic heterocycles. The van der Waals surface area contributed by atoms with Crippen molar-refractivity contribution in [2.75, 3.05) is 30.4 Å². The van der Waals surface area contributed by atoms with Gasteiger partial charge in [0.15, 0.2) is 0 Å². The average Bonchev–Trinajstić information content (AvgIpc) is 2.39. The normalized spacial score (nSPS) is 9.79. The molecule has 0 saturated heterocycles. The van der Waals surface area contributed by atoms with Crippen molar-refractivity contribution in [2.24, 2.45) is 0 Å². The Hall–Kier alpha value is -2.14. The first kappa shape index (κ1) is 14.9. The summed E-state index contributed by atoms with van der Waals surface area (Å²) in [6.45, 7) is 5.89. The third-order valence-corrected chi connectivity index (χ3v) is 2.58. The molecule has 0 aliphatic carbocycles. The lowest BCUT2D eigenvalue weighted by Crippen LogP contribution is -2.28. The van der Waals surface area contributed by atoms with Crippen molar-refractivity contribution < 1.29 is 9.59 Å². The molecule has 0 heterocycles. The van der Waals surface area contributed by atoms with Gasteiger partial charge in [-0.1, -0.05) is 6.08 Å². The van der Waals surface area contributed by atoms with E-state index in [2.05, 4.69) is 17.2 Å². The molecule has 0 aromatic heterocycles. The Morgan fingerprint density at radius 3 is 2.47 bits per heavy atom. The van der Waals surface area contributed by atoms with Gasteiger partial charge >= 0.3 is 0 Å². The zero-order valence-corrected chi connectivity index (χ0v) is 11.3. The summed E-state index contributed by atoms with van der Waals surface area (Å²) in [6.07, 6.45) is 1.69. The van der Waals surface area contributed by atoms with Crippen LogP contribution in [0.15, 0.2) is 36.9 Å². The third kappa shape index (κ3) is 4.93. The van der Waals surface area contributed by atoms with E-state index in [1.54, 1.807) is 37.4 Å². The van der Waals surface area contributed by atoms with E-state index in [9.17, 15) is 9.59 Å². The van der Waals surface area contributed by atoms with Crippen molar-refractivity contribution in [3.8, 4) is 0 Å². The maximum atomic E-state index is 11.5. The van der Waals surface area contributed by atoms with E-state index in [1.807, 2.05) is 0 Å². The number of carbonyl (C=O) groups is 2. The molecule has 0 aliphatic rings. The van der Waals surface area contributed by atoms with Crippen LogP contribution in [0.2, 0.25) is 0 Å². The van der Waals surface area contributed by atoms with Gasteiger partial charge < -0.3 is 15.5 Å². The van der Waals surface area contributed by atoms with Gasteiger partial charge in [0, 0.05) is 31.9 Å². The summed E-state index contributed by atoms with van der Waals surface area (Å²) >= 11 is 0. The molecular weight excluding hydrogens is 242 g/mol. The molecule has 0 bridgehead atoms. The number of nitrogens with zero attached hydrogens (tertiary/aromatic N) is 1. The summed E-state index contributed by atoms with van der Waals surface area (Å²) < 4.78 is 0. The quantitative estimate of drug-likeness (QED) is 0.601. The topological polar surface area (TPSA) is 61.4 Å². The fourth-order valence-electron chi connectivity index (χ4n) is 1.44. The molecule has 1 aromatic rings. The number of hydrogen-bond donors (Lipinski definition) is 2. The molecule has 0 unspecified atom stereocenters. The van der Waals surface area contributed by atoms with Crippen LogP contribution >= 0.6 is 0 Å². The zero-order valence-electron chi connectivity index (χ0n) is 11.3. The number of benzene rings is 1. The van der Waals surface area contributed by atoms with E-state index in [1.165, 1.54) is 11.8 Å². The van der Waals surface area contributed by atoms with Gasteiger partial charge in [-0.2, -0.15) is 0 Å². The Morgan fingerprint density at radius 1 is 1.32 bits per heavy atom. The summed E-state index contributed by atoms with van der Waals surface area (Å²) in [7, 11) is 1.70. The maximum Gasteiger partial charge on any atom is 0.238 e. The Morgan fingerprint density at radius 2 is 1.95 bits per heavy atom. The largest absolute Gasteiger partial charge is 0.325 e. The number of anilines is 2. The highest BCUT2D eigenvalue weighted by Gasteiger charge is 2.06. The van der Waals surface area contributed by atoms with Gasteiger partial charge in [0.05, 0.1) is 6.54 Å². The first-order chi connectivity index (χ1) is 9.04. The molecule has 0 radical (unpaired) electrons. The minimum Gasteiger partial charge on any atom is -0.325 e. The van der Waals surface area contributed by atoms with Crippen LogP contribution in [0.4, 0.5) is 11.4 Å². The second kappa shape index (κ2) is 7.33. The highest BCUT2D eigenvalue weighted by atomic mass is 16.2. The molecule has 0 atom stereocenters. The first-order valence-corrected chi connectivity index (χ1v) is 6.00. The van der Waals surface area contributed by atoms with Crippen LogP contribution < -0.4 is 15.5 Å². The standard InChI is InChI=1S/C14H19N3O2/c1-4-9-15-10-14(19)16-12-5-7-13(8-6-12)17(3)11(2)18/h4-8,15H,1,9-10H2,2-3H3,(H,16,19). The molecule has 2 N–H and O–H groups in total. The van der Waals surface area contributed by atoms with E-state index < -0.39 is 0 Å². The fourth-order valence-corrected chi connectivity index (χ4v) is 1.44. The Labute approximate surface area is 113 Å². The van der Waals surface area contributed by atoms with Gasteiger partial charge in [-0.3, -0.25) is 9.59 Å². The number of nitrogens with one attached hydrogen (secondary N) is 2. The van der Waals surface area contributed by atoms with Gasteiger partial charge in [-0.05, 0) is 24.3 Å². The minimum absolute atomic E-state index is 0.0367. The van der Waals surface area contributed by atoms with Gasteiger partial charge in [-0.25, -0.2) is 0 Å².